The Morgan fingerprint density at radius 1 is 1.35 bits per heavy atom. The molecule has 0 aliphatic carbocycles. The topological polar surface area (TPSA) is 26.0 Å². The third-order valence-corrected chi connectivity index (χ3v) is 3.35. The largest absolute Gasteiger partial charge is 0.315 e. The van der Waals surface area contributed by atoms with Gasteiger partial charge in [0.05, 0.1) is 5.37 Å². The van der Waals surface area contributed by atoms with Crippen LogP contribution in [-0.2, 0) is 0 Å². The molecule has 0 saturated heterocycles. The summed E-state index contributed by atoms with van der Waals surface area (Å²) in [7, 11) is 0. The van der Waals surface area contributed by atoms with Gasteiger partial charge in [-0.25, -0.2) is 0 Å². The van der Waals surface area contributed by atoms with Gasteiger partial charge < -0.3 is 5.73 Å². The Bertz CT molecular complexity index is 415. The second-order valence-electron chi connectivity index (χ2n) is 3.75. The number of allylic oxidation sites excluding steroid dienone is 3. The third kappa shape index (κ3) is 4.63. The summed E-state index contributed by atoms with van der Waals surface area (Å²) in [4.78, 5) is 1.18. The van der Waals surface area contributed by atoms with Gasteiger partial charge in [-0.05, 0) is 31.6 Å². The van der Waals surface area contributed by atoms with Crippen molar-refractivity contribution < 1.29 is 0 Å². The molecule has 0 spiro atoms. The predicted octanol–water partition coefficient (Wildman–Crippen LogP) is 4.06. The lowest BCUT2D eigenvalue weighted by Crippen LogP contribution is -2.17. The molecule has 17 heavy (non-hydrogen) atoms. The number of hydrogen-bond donors (Lipinski definition) is 1. The van der Waals surface area contributed by atoms with Crippen LogP contribution in [0.1, 0.15) is 12.5 Å². The molecule has 0 amide bonds. The molecule has 0 fully saturated rings. The van der Waals surface area contributed by atoms with E-state index < -0.39 is 0 Å². The lowest BCUT2D eigenvalue weighted by atomic mass is 10.2. The van der Waals surface area contributed by atoms with E-state index in [9.17, 15) is 0 Å². The van der Waals surface area contributed by atoms with Gasteiger partial charge in [0.25, 0.3) is 0 Å². The molecule has 0 heterocycles. The molecular formula is C15H19NS. The van der Waals surface area contributed by atoms with Crippen molar-refractivity contribution in [3.8, 4) is 0 Å². The molecule has 0 aliphatic heterocycles. The van der Waals surface area contributed by atoms with E-state index in [0.29, 0.717) is 0 Å². The maximum Gasteiger partial charge on any atom is 0.0811 e. The van der Waals surface area contributed by atoms with Crippen LogP contribution in [0.4, 0.5) is 0 Å². The standard InChI is InChI=1S/C15H19NS/c1-4-6-13(7-5-2)15(16)17-14-10-8-12(3)9-11-14/h4-11,15H,1,16H2,2-3H3/b7-5-,13-6+. The number of rotatable bonds is 5. The second kappa shape index (κ2) is 7.15. The van der Waals surface area contributed by atoms with Crippen molar-refractivity contribution in [3.63, 3.8) is 0 Å². The highest BCUT2D eigenvalue weighted by Gasteiger charge is 2.07. The lowest BCUT2D eigenvalue weighted by Gasteiger charge is -2.12. The van der Waals surface area contributed by atoms with E-state index in [-0.39, 0.29) is 5.37 Å². The van der Waals surface area contributed by atoms with Crippen LogP contribution in [0.5, 0.6) is 0 Å². The fraction of sp³-hybridized carbons (Fsp3) is 0.200. The Kier molecular flexibility index (Phi) is 5.81. The third-order valence-electron chi connectivity index (χ3n) is 2.28. The Hall–Kier alpha value is -1.25. The van der Waals surface area contributed by atoms with Crippen molar-refractivity contribution in [3.05, 3.63) is 66.3 Å². The van der Waals surface area contributed by atoms with Gasteiger partial charge in [0.1, 0.15) is 0 Å². The van der Waals surface area contributed by atoms with Gasteiger partial charge in [0.2, 0.25) is 0 Å². The van der Waals surface area contributed by atoms with E-state index >= 15 is 0 Å². The summed E-state index contributed by atoms with van der Waals surface area (Å²) >= 11 is 1.65. The van der Waals surface area contributed by atoms with Crippen molar-refractivity contribution in [2.45, 2.75) is 24.1 Å². The van der Waals surface area contributed by atoms with Crippen LogP contribution in [0.2, 0.25) is 0 Å². The summed E-state index contributed by atoms with van der Waals surface area (Å²) < 4.78 is 0. The minimum Gasteiger partial charge on any atom is -0.315 e. The molecule has 1 nitrogen and oxygen atoms in total. The highest BCUT2D eigenvalue weighted by atomic mass is 32.2. The molecule has 0 aromatic heterocycles. The SMILES string of the molecule is C=C/C=C(\C=C/C)C(N)Sc1ccc(C)cc1. The minimum atomic E-state index is -0.0630. The van der Waals surface area contributed by atoms with Crippen molar-refractivity contribution in [1.82, 2.24) is 0 Å². The monoisotopic (exact) mass is 245 g/mol. The number of nitrogens with two attached hydrogens (primary N) is 1. The van der Waals surface area contributed by atoms with Crippen LogP contribution < -0.4 is 5.73 Å². The van der Waals surface area contributed by atoms with Crippen LogP contribution in [0.3, 0.4) is 0 Å². The maximum absolute atomic E-state index is 6.16. The predicted molar refractivity (Wildman–Crippen MR) is 78.1 cm³/mol. The zero-order chi connectivity index (χ0) is 12.7. The van der Waals surface area contributed by atoms with E-state index in [1.54, 1.807) is 17.8 Å². The summed E-state index contributed by atoms with van der Waals surface area (Å²) in [6.07, 6.45) is 7.73. The van der Waals surface area contributed by atoms with Gasteiger partial charge in [-0.15, -0.1) is 11.8 Å². The van der Waals surface area contributed by atoms with Crippen LogP contribution >= 0.6 is 11.8 Å². The van der Waals surface area contributed by atoms with E-state index in [1.165, 1.54) is 10.5 Å². The van der Waals surface area contributed by atoms with Gasteiger partial charge in [0.15, 0.2) is 0 Å². The molecule has 0 saturated carbocycles. The molecular weight excluding hydrogens is 226 g/mol. The van der Waals surface area contributed by atoms with E-state index in [2.05, 4.69) is 37.8 Å². The normalized spacial score (nSPS) is 13.9. The molecule has 2 heteroatoms. The molecule has 2 N–H and O–H groups in total. The quantitative estimate of drug-likeness (QED) is 0.481. The van der Waals surface area contributed by atoms with Gasteiger partial charge in [-0.3, -0.25) is 0 Å². The van der Waals surface area contributed by atoms with Crippen LogP contribution in [-0.4, -0.2) is 5.37 Å². The van der Waals surface area contributed by atoms with Crippen LogP contribution in [0.15, 0.2) is 65.6 Å². The van der Waals surface area contributed by atoms with Gasteiger partial charge in [-0.2, -0.15) is 0 Å². The van der Waals surface area contributed by atoms with Gasteiger partial charge in [0, 0.05) is 4.90 Å². The molecule has 90 valence electrons. The van der Waals surface area contributed by atoms with E-state index in [0.717, 1.165) is 5.57 Å². The molecule has 0 radical (unpaired) electrons. The highest BCUT2D eigenvalue weighted by molar-refractivity contribution is 8.00. The first-order valence-electron chi connectivity index (χ1n) is 5.61. The fourth-order valence-electron chi connectivity index (χ4n) is 1.41. The molecule has 1 rings (SSSR count). The second-order valence-corrected chi connectivity index (χ2v) is 4.97. The first-order valence-corrected chi connectivity index (χ1v) is 6.49. The number of thioether (sulfide) groups is 1. The Balaban J connectivity index is 2.76. The van der Waals surface area contributed by atoms with Crippen LogP contribution in [0.25, 0.3) is 0 Å². The summed E-state index contributed by atoms with van der Waals surface area (Å²) in [6, 6.07) is 8.39. The number of hydrogen-bond acceptors (Lipinski definition) is 2. The Morgan fingerprint density at radius 2 is 2.00 bits per heavy atom. The first-order chi connectivity index (χ1) is 8.17. The fourth-order valence-corrected chi connectivity index (χ4v) is 2.28. The average Bonchev–Trinajstić information content (AvgIpc) is 2.32. The smallest absolute Gasteiger partial charge is 0.0811 e. The first kappa shape index (κ1) is 13.8. The molecule has 1 unspecified atom stereocenters. The minimum absolute atomic E-state index is 0.0630. The van der Waals surface area contributed by atoms with Crippen molar-refractivity contribution in [1.29, 1.82) is 0 Å². The molecule has 1 aromatic carbocycles. The summed E-state index contributed by atoms with van der Waals surface area (Å²) in [6.45, 7) is 7.78. The van der Waals surface area contributed by atoms with Gasteiger partial charge in [-0.1, -0.05) is 48.6 Å². The van der Waals surface area contributed by atoms with E-state index in [1.807, 2.05) is 25.2 Å². The lowest BCUT2D eigenvalue weighted by molar-refractivity contribution is 1.10. The molecule has 1 atom stereocenters. The summed E-state index contributed by atoms with van der Waals surface area (Å²) in [5.74, 6) is 0. The summed E-state index contributed by atoms with van der Waals surface area (Å²) in [5.41, 5.74) is 8.49. The van der Waals surface area contributed by atoms with Crippen LogP contribution in [0, 0.1) is 6.92 Å². The molecule has 0 bridgehead atoms. The summed E-state index contributed by atoms with van der Waals surface area (Å²) in [5, 5.41) is -0.0630. The average molecular weight is 245 g/mol. The van der Waals surface area contributed by atoms with Crippen molar-refractivity contribution >= 4 is 11.8 Å². The van der Waals surface area contributed by atoms with Crippen molar-refractivity contribution in [2.75, 3.05) is 0 Å². The van der Waals surface area contributed by atoms with Crippen molar-refractivity contribution in [2.24, 2.45) is 5.73 Å². The molecule has 1 aromatic rings. The Labute approximate surface area is 108 Å². The Morgan fingerprint density at radius 3 is 2.53 bits per heavy atom. The number of aryl methyl sites for hydroxylation is 1. The zero-order valence-corrected chi connectivity index (χ0v) is 11.2. The van der Waals surface area contributed by atoms with E-state index in [4.69, 9.17) is 5.73 Å². The molecule has 0 aliphatic rings. The number of benzene rings is 1. The highest BCUT2D eigenvalue weighted by Crippen LogP contribution is 2.25. The zero-order valence-electron chi connectivity index (χ0n) is 10.4. The maximum atomic E-state index is 6.16. The van der Waals surface area contributed by atoms with Gasteiger partial charge >= 0.3 is 0 Å².